The highest BCUT2D eigenvalue weighted by Gasteiger charge is 2.32. The van der Waals surface area contributed by atoms with E-state index in [0.29, 0.717) is 42.8 Å². The zero-order valence-electron chi connectivity index (χ0n) is 13.2. The van der Waals surface area contributed by atoms with Crippen molar-refractivity contribution < 1.29 is 14.1 Å². The third-order valence-corrected chi connectivity index (χ3v) is 4.29. The van der Waals surface area contributed by atoms with Gasteiger partial charge in [0, 0.05) is 31.1 Å². The van der Waals surface area contributed by atoms with Crippen LogP contribution in [0, 0.1) is 0 Å². The van der Waals surface area contributed by atoms with Crippen LogP contribution in [0.1, 0.15) is 24.2 Å². The maximum absolute atomic E-state index is 12.1. The Labute approximate surface area is 144 Å². The van der Waals surface area contributed by atoms with Crippen LogP contribution in [-0.2, 0) is 22.6 Å². The fourth-order valence-corrected chi connectivity index (χ4v) is 2.77. The Morgan fingerprint density at radius 2 is 1.88 bits per heavy atom. The van der Waals surface area contributed by atoms with Gasteiger partial charge in [0.1, 0.15) is 6.54 Å². The van der Waals surface area contributed by atoms with Crippen LogP contribution < -0.4 is 0 Å². The molecule has 1 aromatic heterocycles. The molecule has 2 heterocycles. The molecule has 7 nitrogen and oxygen atoms in total. The third-order valence-electron chi connectivity index (χ3n) is 3.92. The number of aromatic nitrogens is 2. The molecule has 8 heteroatoms. The quantitative estimate of drug-likeness (QED) is 0.765. The van der Waals surface area contributed by atoms with Crippen molar-refractivity contribution in [1.82, 2.24) is 19.9 Å². The highest BCUT2D eigenvalue weighted by Crippen LogP contribution is 2.18. The summed E-state index contributed by atoms with van der Waals surface area (Å²) in [6.45, 7) is 3.49. The molecule has 3 rings (SSSR count). The molecule has 1 aliphatic heterocycles. The fraction of sp³-hybridized carbons (Fsp3) is 0.375. The number of carbonyl (C=O) groups is 2. The van der Waals surface area contributed by atoms with Gasteiger partial charge < -0.3 is 14.3 Å². The Kier molecular flexibility index (Phi) is 4.80. The van der Waals surface area contributed by atoms with Gasteiger partial charge in [0.05, 0.1) is 0 Å². The lowest BCUT2D eigenvalue weighted by atomic mass is 10.1. The van der Waals surface area contributed by atoms with Crippen molar-refractivity contribution in [1.29, 1.82) is 0 Å². The lowest BCUT2D eigenvalue weighted by Crippen LogP contribution is -2.53. The molecule has 2 aromatic rings. The van der Waals surface area contributed by atoms with Gasteiger partial charge in [-0.2, -0.15) is 4.98 Å². The molecule has 0 spiro atoms. The molecule has 0 aliphatic carbocycles. The van der Waals surface area contributed by atoms with Crippen LogP contribution in [0.5, 0.6) is 0 Å². The maximum atomic E-state index is 12.1. The summed E-state index contributed by atoms with van der Waals surface area (Å²) in [4.78, 5) is 31.2. The molecule has 0 saturated carbocycles. The first-order chi connectivity index (χ1) is 11.6. The normalized spacial score (nSPS) is 15.2. The van der Waals surface area contributed by atoms with Crippen molar-refractivity contribution in [3.05, 3.63) is 46.6 Å². The highest BCUT2D eigenvalue weighted by atomic mass is 35.5. The smallest absolute Gasteiger partial charge is 0.312 e. The average molecular weight is 349 g/mol. The van der Waals surface area contributed by atoms with E-state index in [9.17, 15) is 9.59 Å². The molecule has 1 fully saturated rings. The maximum Gasteiger partial charge on any atom is 0.312 e. The van der Waals surface area contributed by atoms with E-state index in [-0.39, 0.29) is 6.54 Å². The summed E-state index contributed by atoms with van der Waals surface area (Å²) in [6.07, 6.45) is 0.444. The number of rotatable bonds is 5. The second-order valence-corrected chi connectivity index (χ2v) is 5.89. The molecule has 24 heavy (non-hydrogen) atoms. The van der Waals surface area contributed by atoms with E-state index >= 15 is 0 Å². The predicted octanol–water partition coefficient (Wildman–Crippen LogP) is 1.50. The molecular weight excluding hydrogens is 332 g/mol. The summed E-state index contributed by atoms with van der Waals surface area (Å²) in [5.74, 6) is -0.222. The number of nitrogens with zero attached hydrogens (tertiary/aromatic N) is 4. The van der Waals surface area contributed by atoms with Crippen LogP contribution in [0.2, 0.25) is 5.02 Å². The zero-order chi connectivity index (χ0) is 17.1. The number of halogens is 1. The zero-order valence-corrected chi connectivity index (χ0v) is 14.0. The number of amides is 2. The van der Waals surface area contributed by atoms with E-state index in [4.69, 9.17) is 16.1 Å². The first-order valence-electron chi connectivity index (χ1n) is 7.71. The minimum Gasteiger partial charge on any atom is -0.337 e. The van der Waals surface area contributed by atoms with Gasteiger partial charge in [0.2, 0.25) is 5.89 Å². The van der Waals surface area contributed by atoms with Gasteiger partial charge in [-0.3, -0.25) is 9.59 Å². The molecule has 0 bridgehead atoms. The number of hydrogen-bond acceptors (Lipinski definition) is 5. The summed E-state index contributed by atoms with van der Waals surface area (Å²) in [5.41, 5.74) is 0.898. The molecule has 0 unspecified atom stereocenters. The first kappa shape index (κ1) is 16.4. The molecule has 1 saturated heterocycles. The largest absolute Gasteiger partial charge is 0.337 e. The summed E-state index contributed by atoms with van der Waals surface area (Å²) in [6, 6.07) is 7.44. The molecule has 1 aliphatic rings. The van der Waals surface area contributed by atoms with Gasteiger partial charge >= 0.3 is 11.8 Å². The van der Waals surface area contributed by atoms with Crippen LogP contribution in [0.25, 0.3) is 0 Å². The van der Waals surface area contributed by atoms with Crippen molar-refractivity contribution in [3.8, 4) is 0 Å². The minimum absolute atomic E-state index is 0.137. The van der Waals surface area contributed by atoms with Crippen LogP contribution in [0.3, 0.4) is 0 Å². The predicted molar refractivity (Wildman–Crippen MR) is 86.2 cm³/mol. The third kappa shape index (κ3) is 3.41. The van der Waals surface area contributed by atoms with Gasteiger partial charge in [-0.05, 0) is 18.6 Å². The summed E-state index contributed by atoms with van der Waals surface area (Å²) in [7, 11) is 0. The van der Waals surface area contributed by atoms with Crippen molar-refractivity contribution in [2.24, 2.45) is 0 Å². The lowest BCUT2D eigenvalue weighted by Gasteiger charge is -2.32. The van der Waals surface area contributed by atoms with Gasteiger partial charge in [0.15, 0.2) is 5.82 Å². The summed E-state index contributed by atoms with van der Waals surface area (Å²) in [5, 5.41) is 4.55. The minimum atomic E-state index is -0.533. The SMILES string of the molecule is CCN1CCN(Cc2nc(Cc3ccccc3Cl)no2)C(=O)C1=O. The molecule has 0 N–H and O–H groups in total. The molecule has 126 valence electrons. The van der Waals surface area contributed by atoms with Crippen molar-refractivity contribution >= 4 is 23.4 Å². The summed E-state index contributed by atoms with van der Waals surface area (Å²) < 4.78 is 5.19. The van der Waals surface area contributed by atoms with E-state index < -0.39 is 11.8 Å². The number of carbonyl (C=O) groups excluding carboxylic acids is 2. The average Bonchev–Trinajstić information content (AvgIpc) is 3.01. The van der Waals surface area contributed by atoms with E-state index in [2.05, 4.69) is 10.1 Å². The standard InChI is InChI=1S/C16H17ClN4O3/c1-2-20-7-8-21(16(23)15(20)22)10-14-18-13(19-24-14)9-11-5-3-4-6-12(11)17/h3-6H,2,7-10H2,1H3. The van der Waals surface area contributed by atoms with E-state index in [1.807, 2.05) is 25.1 Å². The highest BCUT2D eigenvalue weighted by molar-refractivity contribution is 6.35. The van der Waals surface area contributed by atoms with Crippen LogP contribution in [0.4, 0.5) is 0 Å². The Morgan fingerprint density at radius 1 is 1.17 bits per heavy atom. The van der Waals surface area contributed by atoms with Crippen LogP contribution >= 0.6 is 11.6 Å². The lowest BCUT2D eigenvalue weighted by molar-refractivity contribution is -0.156. The van der Waals surface area contributed by atoms with Crippen LogP contribution in [-0.4, -0.2) is 51.4 Å². The number of benzene rings is 1. The van der Waals surface area contributed by atoms with Crippen LogP contribution in [0.15, 0.2) is 28.8 Å². The van der Waals surface area contributed by atoms with Crippen molar-refractivity contribution in [3.63, 3.8) is 0 Å². The van der Waals surface area contributed by atoms with E-state index in [1.54, 1.807) is 6.07 Å². The van der Waals surface area contributed by atoms with E-state index in [1.165, 1.54) is 9.80 Å². The number of piperazine rings is 1. The van der Waals surface area contributed by atoms with Crippen molar-refractivity contribution in [2.45, 2.75) is 19.9 Å². The number of likely N-dealkylation sites (N-methyl/N-ethyl adjacent to an activating group) is 1. The number of hydrogen-bond donors (Lipinski definition) is 0. The Morgan fingerprint density at radius 3 is 2.62 bits per heavy atom. The van der Waals surface area contributed by atoms with Gasteiger partial charge in [-0.25, -0.2) is 0 Å². The Hall–Kier alpha value is -2.41. The molecule has 0 atom stereocenters. The first-order valence-corrected chi connectivity index (χ1v) is 8.09. The second kappa shape index (κ2) is 7.00. The topological polar surface area (TPSA) is 79.5 Å². The molecule has 2 amide bonds. The molecule has 1 aromatic carbocycles. The molecular formula is C16H17ClN4O3. The summed E-state index contributed by atoms with van der Waals surface area (Å²) >= 11 is 6.12. The monoisotopic (exact) mass is 348 g/mol. The van der Waals surface area contributed by atoms with Gasteiger partial charge in [-0.15, -0.1) is 0 Å². The van der Waals surface area contributed by atoms with Gasteiger partial charge in [0.25, 0.3) is 0 Å². The molecule has 0 radical (unpaired) electrons. The van der Waals surface area contributed by atoms with Gasteiger partial charge in [-0.1, -0.05) is 35.0 Å². The Balaban J connectivity index is 1.65. The second-order valence-electron chi connectivity index (χ2n) is 5.48. The fourth-order valence-electron chi connectivity index (χ4n) is 2.57. The Bertz CT molecular complexity index is 761. The van der Waals surface area contributed by atoms with E-state index in [0.717, 1.165) is 5.56 Å². The van der Waals surface area contributed by atoms with Crippen molar-refractivity contribution in [2.75, 3.05) is 19.6 Å².